The fourth-order valence-corrected chi connectivity index (χ4v) is 2.42. The van der Waals surface area contributed by atoms with Crippen molar-refractivity contribution in [3.63, 3.8) is 0 Å². The molecule has 152 valence electrons. The van der Waals surface area contributed by atoms with Crippen molar-refractivity contribution in [3.05, 3.63) is 47.4 Å². The molecule has 28 heavy (non-hydrogen) atoms. The molecule has 0 bridgehead atoms. The van der Waals surface area contributed by atoms with Gasteiger partial charge in [-0.05, 0) is 49.0 Å². The lowest BCUT2D eigenvalue weighted by Crippen LogP contribution is -2.15. The fraction of sp³-hybridized carbons (Fsp3) is 0.429. The Kier molecular flexibility index (Phi) is 9.64. The van der Waals surface area contributed by atoms with E-state index in [9.17, 15) is 14.7 Å². The Hall–Kier alpha value is -2.96. The summed E-state index contributed by atoms with van der Waals surface area (Å²) in [6.07, 6.45) is 5.31. The van der Waals surface area contributed by atoms with Crippen LogP contribution >= 0.6 is 0 Å². The van der Waals surface area contributed by atoms with Gasteiger partial charge < -0.3 is 15.5 Å². The van der Waals surface area contributed by atoms with Gasteiger partial charge in [0.15, 0.2) is 0 Å². The fourth-order valence-electron chi connectivity index (χ4n) is 2.42. The maximum absolute atomic E-state index is 12.4. The second-order valence-corrected chi connectivity index (χ2v) is 6.85. The number of aliphatic hydroxyl groups excluding tert-OH is 1. The van der Waals surface area contributed by atoms with Gasteiger partial charge in [0, 0.05) is 18.5 Å². The van der Waals surface area contributed by atoms with Crippen LogP contribution in [0.4, 0.5) is 5.82 Å². The van der Waals surface area contributed by atoms with Crippen LogP contribution in [0.15, 0.2) is 46.8 Å². The third-order valence-corrected chi connectivity index (χ3v) is 3.99. The maximum atomic E-state index is 12.4. The van der Waals surface area contributed by atoms with Crippen LogP contribution in [-0.4, -0.2) is 39.3 Å². The SMILES string of the molecule is CCC(=NCCC(C)C)C(C)=CC(=CO)C(=O)Nc1ccc(CC(=O)O)cn1. The maximum Gasteiger partial charge on any atom is 0.307 e. The molecule has 0 fully saturated rings. The first kappa shape index (κ1) is 23.1. The lowest BCUT2D eigenvalue weighted by Gasteiger charge is -2.09. The normalized spacial score (nSPS) is 13.0. The molecule has 7 heteroatoms. The van der Waals surface area contributed by atoms with Crippen LogP contribution in [0, 0.1) is 5.92 Å². The van der Waals surface area contributed by atoms with Crippen LogP contribution in [0.1, 0.15) is 46.1 Å². The minimum absolute atomic E-state index is 0.0823. The lowest BCUT2D eigenvalue weighted by molar-refractivity contribution is -0.136. The number of aliphatic hydroxyl groups is 1. The highest BCUT2D eigenvalue weighted by Gasteiger charge is 2.11. The van der Waals surface area contributed by atoms with Crippen LogP contribution in [0.25, 0.3) is 0 Å². The zero-order valence-electron chi connectivity index (χ0n) is 16.9. The minimum atomic E-state index is -0.952. The number of rotatable bonds is 10. The number of aliphatic imine (C=N–C) groups is 1. The molecule has 1 heterocycles. The molecule has 7 nitrogen and oxygen atoms in total. The number of amides is 1. The highest BCUT2D eigenvalue weighted by Crippen LogP contribution is 2.12. The van der Waals surface area contributed by atoms with Crippen molar-refractivity contribution in [2.24, 2.45) is 10.9 Å². The number of carbonyl (C=O) groups excluding carboxylic acids is 1. The summed E-state index contributed by atoms with van der Waals surface area (Å²) >= 11 is 0. The highest BCUT2D eigenvalue weighted by molar-refractivity contribution is 6.07. The zero-order valence-corrected chi connectivity index (χ0v) is 16.9. The molecule has 0 aliphatic rings. The molecule has 0 aliphatic carbocycles. The Morgan fingerprint density at radius 1 is 1.32 bits per heavy atom. The van der Waals surface area contributed by atoms with E-state index in [4.69, 9.17) is 5.11 Å². The van der Waals surface area contributed by atoms with Crippen molar-refractivity contribution < 1.29 is 19.8 Å². The van der Waals surface area contributed by atoms with Gasteiger partial charge in [0.1, 0.15) is 5.82 Å². The summed E-state index contributed by atoms with van der Waals surface area (Å²) in [5.74, 6) is -0.630. The van der Waals surface area contributed by atoms with E-state index in [1.165, 1.54) is 12.3 Å². The van der Waals surface area contributed by atoms with E-state index in [1.807, 2.05) is 13.8 Å². The molecule has 0 saturated heterocycles. The molecule has 1 aromatic rings. The highest BCUT2D eigenvalue weighted by atomic mass is 16.4. The summed E-state index contributed by atoms with van der Waals surface area (Å²) in [5.41, 5.74) is 2.32. The van der Waals surface area contributed by atoms with Crippen molar-refractivity contribution in [2.45, 2.75) is 47.0 Å². The molecule has 1 rings (SSSR count). The van der Waals surface area contributed by atoms with E-state index >= 15 is 0 Å². The minimum Gasteiger partial charge on any atom is -0.515 e. The quantitative estimate of drug-likeness (QED) is 0.244. The van der Waals surface area contributed by atoms with Crippen LogP contribution < -0.4 is 5.32 Å². The number of aliphatic carboxylic acids is 1. The van der Waals surface area contributed by atoms with Gasteiger partial charge in [-0.3, -0.25) is 14.6 Å². The van der Waals surface area contributed by atoms with Crippen LogP contribution in [-0.2, 0) is 16.0 Å². The van der Waals surface area contributed by atoms with Crippen molar-refractivity contribution in [1.29, 1.82) is 0 Å². The number of carboxylic acid groups (broad SMARTS) is 1. The topological polar surface area (TPSA) is 112 Å². The number of nitrogens with zero attached hydrogens (tertiary/aromatic N) is 2. The van der Waals surface area contributed by atoms with E-state index in [1.54, 1.807) is 12.1 Å². The molecule has 0 aliphatic heterocycles. The molecule has 1 aromatic heterocycles. The van der Waals surface area contributed by atoms with Crippen LogP contribution in [0.2, 0.25) is 0 Å². The van der Waals surface area contributed by atoms with Gasteiger partial charge in [-0.1, -0.05) is 26.8 Å². The van der Waals surface area contributed by atoms with Gasteiger partial charge >= 0.3 is 5.97 Å². The van der Waals surface area contributed by atoms with Crippen molar-refractivity contribution in [1.82, 2.24) is 4.98 Å². The summed E-state index contributed by atoms with van der Waals surface area (Å²) in [6.45, 7) is 8.86. The zero-order chi connectivity index (χ0) is 21.1. The van der Waals surface area contributed by atoms with Crippen molar-refractivity contribution in [2.75, 3.05) is 11.9 Å². The third kappa shape index (κ3) is 8.16. The van der Waals surface area contributed by atoms with Gasteiger partial charge in [-0.2, -0.15) is 0 Å². The molecule has 0 atom stereocenters. The van der Waals surface area contributed by atoms with Gasteiger partial charge in [0.05, 0.1) is 18.3 Å². The van der Waals surface area contributed by atoms with E-state index in [0.717, 1.165) is 36.9 Å². The predicted octanol–water partition coefficient (Wildman–Crippen LogP) is 3.93. The second kappa shape index (κ2) is 11.7. The molecular weight excluding hydrogens is 358 g/mol. The summed E-state index contributed by atoms with van der Waals surface area (Å²) in [7, 11) is 0. The molecule has 0 spiro atoms. The molecule has 0 aromatic carbocycles. The van der Waals surface area contributed by atoms with Crippen LogP contribution in [0.3, 0.4) is 0 Å². The number of carbonyl (C=O) groups is 2. The summed E-state index contributed by atoms with van der Waals surface area (Å²) in [4.78, 5) is 31.7. The van der Waals surface area contributed by atoms with E-state index in [-0.39, 0.29) is 17.8 Å². The molecule has 0 saturated carbocycles. The molecular formula is C21H29N3O4. The number of allylic oxidation sites excluding steroid dienone is 1. The van der Waals surface area contributed by atoms with Gasteiger partial charge in [-0.25, -0.2) is 4.98 Å². The molecule has 0 unspecified atom stereocenters. The number of hydrogen-bond donors (Lipinski definition) is 3. The van der Waals surface area contributed by atoms with Crippen LogP contribution in [0.5, 0.6) is 0 Å². The Morgan fingerprint density at radius 2 is 2.04 bits per heavy atom. The number of hydrogen-bond acceptors (Lipinski definition) is 5. The molecule has 3 N–H and O–H groups in total. The smallest absolute Gasteiger partial charge is 0.307 e. The second-order valence-electron chi connectivity index (χ2n) is 6.85. The number of pyridine rings is 1. The van der Waals surface area contributed by atoms with E-state index < -0.39 is 11.9 Å². The average molecular weight is 387 g/mol. The first-order chi connectivity index (χ1) is 13.3. The number of aromatic nitrogens is 1. The Balaban J connectivity index is 2.84. The van der Waals surface area contributed by atoms with Gasteiger partial charge in [-0.15, -0.1) is 0 Å². The van der Waals surface area contributed by atoms with Crippen molar-refractivity contribution >= 4 is 23.4 Å². The Labute approximate surface area is 165 Å². The van der Waals surface area contributed by atoms with Gasteiger partial charge in [0.25, 0.3) is 5.91 Å². The first-order valence-corrected chi connectivity index (χ1v) is 9.31. The Morgan fingerprint density at radius 3 is 2.54 bits per heavy atom. The molecule has 1 amide bonds. The van der Waals surface area contributed by atoms with Crippen molar-refractivity contribution in [3.8, 4) is 0 Å². The third-order valence-electron chi connectivity index (χ3n) is 3.99. The summed E-state index contributed by atoms with van der Waals surface area (Å²) in [6, 6.07) is 3.10. The Bertz CT molecular complexity index is 762. The first-order valence-electron chi connectivity index (χ1n) is 9.31. The van der Waals surface area contributed by atoms with Gasteiger partial charge in [0.2, 0.25) is 0 Å². The number of carboxylic acids is 1. The largest absolute Gasteiger partial charge is 0.515 e. The average Bonchev–Trinajstić information content (AvgIpc) is 2.63. The summed E-state index contributed by atoms with van der Waals surface area (Å²) in [5, 5.41) is 20.8. The summed E-state index contributed by atoms with van der Waals surface area (Å²) < 4.78 is 0. The molecule has 0 radical (unpaired) electrons. The number of nitrogens with one attached hydrogen (secondary N) is 1. The lowest BCUT2D eigenvalue weighted by atomic mass is 10.1. The standard InChI is InChI=1S/C21H29N3O4/c1-5-18(22-9-8-14(2)3)15(4)10-17(13-25)21(28)24-19-7-6-16(12-23-19)11-20(26)27/h6-7,10,12-14,25H,5,8-9,11H2,1-4H3,(H,26,27)(H,23,24,28). The monoisotopic (exact) mass is 387 g/mol. The number of anilines is 1. The predicted molar refractivity (Wildman–Crippen MR) is 111 cm³/mol. The van der Waals surface area contributed by atoms with E-state index in [0.29, 0.717) is 11.5 Å². The van der Waals surface area contributed by atoms with E-state index in [2.05, 4.69) is 29.1 Å².